The topological polar surface area (TPSA) is 152 Å². The van der Waals surface area contributed by atoms with E-state index in [1.165, 1.54) is 55.4 Å². The van der Waals surface area contributed by atoms with E-state index in [0.717, 1.165) is 28.9 Å². The molecule has 2 atom stereocenters. The average molecular weight is 562 g/mol. The number of hydrogen-bond acceptors (Lipinski definition) is 9. The first-order valence-electron chi connectivity index (χ1n) is 11.8. The van der Waals surface area contributed by atoms with Crippen LogP contribution in [-0.2, 0) is 24.3 Å². The van der Waals surface area contributed by atoms with E-state index in [-0.39, 0.29) is 41.2 Å². The van der Waals surface area contributed by atoms with Crippen LogP contribution in [0.3, 0.4) is 0 Å². The number of non-ortho nitro benzene ring substituents is 1. The summed E-state index contributed by atoms with van der Waals surface area (Å²) in [6, 6.07) is 11.7. The van der Waals surface area contributed by atoms with E-state index in [4.69, 9.17) is 4.74 Å². The molecule has 2 amide bonds. The molecule has 2 fully saturated rings. The fraction of sp³-hybridized carbons (Fsp3) is 0.375. The summed E-state index contributed by atoms with van der Waals surface area (Å²) in [5.74, 6) is -0.788. The highest BCUT2D eigenvalue weighted by Crippen LogP contribution is 2.33. The van der Waals surface area contributed by atoms with E-state index < -0.39 is 26.1 Å². The second kappa shape index (κ2) is 11.6. The van der Waals surface area contributed by atoms with Gasteiger partial charge < -0.3 is 10.1 Å². The van der Waals surface area contributed by atoms with Crippen molar-refractivity contribution in [3.8, 4) is 0 Å². The third kappa shape index (κ3) is 6.38. The van der Waals surface area contributed by atoms with Gasteiger partial charge in [-0.2, -0.15) is 0 Å². The maximum absolute atomic E-state index is 13.3. The molecule has 2 saturated heterocycles. The third-order valence-corrected chi connectivity index (χ3v) is 8.95. The first kappa shape index (κ1) is 27.7. The number of benzene rings is 2. The highest BCUT2D eigenvalue weighted by molar-refractivity contribution is 8.15. The minimum atomic E-state index is -3.68. The van der Waals surface area contributed by atoms with E-state index in [2.05, 4.69) is 10.3 Å². The normalized spacial score (nSPS) is 20.9. The number of aliphatic imine (C=N–C) groups is 1. The first-order valence-corrected chi connectivity index (χ1v) is 14.1. The lowest BCUT2D eigenvalue weighted by Gasteiger charge is -2.20. The summed E-state index contributed by atoms with van der Waals surface area (Å²) in [5.41, 5.74) is 0.440. The van der Waals surface area contributed by atoms with Gasteiger partial charge in [0.2, 0.25) is 21.8 Å². The summed E-state index contributed by atoms with van der Waals surface area (Å²) in [4.78, 5) is 42.7. The van der Waals surface area contributed by atoms with Crippen LogP contribution in [0.1, 0.15) is 19.3 Å². The lowest BCUT2D eigenvalue weighted by Crippen LogP contribution is -2.38. The quantitative estimate of drug-likeness (QED) is 0.362. The van der Waals surface area contributed by atoms with Gasteiger partial charge in [0.25, 0.3) is 5.69 Å². The SMILES string of the molecule is CN(C)S(=O)(=O)c1cccc(N=C2SC(CC(=O)Nc3cccc([N+](=O)[O-])c3)C(=O)N2CC2CCCO2)c1. The molecule has 2 heterocycles. The second-order valence-electron chi connectivity index (χ2n) is 8.93. The van der Waals surface area contributed by atoms with Crippen molar-refractivity contribution in [2.24, 2.45) is 4.99 Å². The van der Waals surface area contributed by atoms with Crippen LogP contribution in [-0.4, -0.2) is 78.1 Å². The van der Waals surface area contributed by atoms with Crippen LogP contribution in [0, 0.1) is 10.1 Å². The fourth-order valence-corrected chi connectivity index (χ4v) is 6.11. The van der Waals surface area contributed by atoms with E-state index >= 15 is 0 Å². The second-order valence-corrected chi connectivity index (χ2v) is 12.3. The molecule has 0 aliphatic carbocycles. The molecule has 38 heavy (non-hydrogen) atoms. The molecule has 4 rings (SSSR count). The molecule has 2 aromatic rings. The summed E-state index contributed by atoms with van der Waals surface area (Å²) in [6.45, 7) is 0.870. The van der Waals surface area contributed by atoms with Crippen LogP contribution < -0.4 is 5.32 Å². The van der Waals surface area contributed by atoms with Gasteiger partial charge in [0.05, 0.1) is 28.2 Å². The Morgan fingerprint density at radius 1 is 1.26 bits per heavy atom. The van der Waals surface area contributed by atoms with Gasteiger partial charge in [-0.3, -0.25) is 24.6 Å². The molecule has 2 aliphatic heterocycles. The Hall–Kier alpha value is -3.33. The van der Waals surface area contributed by atoms with Gasteiger partial charge in [-0.05, 0) is 37.1 Å². The van der Waals surface area contributed by atoms with Crippen LogP contribution in [0.2, 0.25) is 0 Å². The molecule has 0 bridgehead atoms. The number of carbonyl (C=O) groups is 2. The smallest absolute Gasteiger partial charge is 0.271 e. The Kier molecular flexibility index (Phi) is 8.45. The van der Waals surface area contributed by atoms with Gasteiger partial charge in [-0.1, -0.05) is 23.9 Å². The van der Waals surface area contributed by atoms with Crippen molar-refractivity contribution in [3.63, 3.8) is 0 Å². The molecule has 0 radical (unpaired) electrons. The minimum absolute atomic E-state index is 0.0669. The molecule has 2 unspecified atom stereocenters. The number of hydrogen-bond donors (Lipinski definition) is 1. The largest absolute Gasteiger partial charge is 0.376 e. The van der Waals surface area contributed by atoms with E-state index in [1.807, 2.05) is 0 Å². The molecular formula is C24H27N5O7S2. The summed E-state index contributed by atoms with van der Waals surface area (Å²) in [6.07, 6.45) is 1.33. The number of nitrogens with zero attached hydrogens (tertiary/aromatic N) is 4. The fourth-order valence-electron chi connectivity index (χ4n) is 4.00. The van der Waals surface area contributed by atoms with E-state index in [0.29, 0.717) is 17.5 Å². The van der Waals surface area contributed by atoms with Gasteiger partial charge in [-0.15, -0.1) is 0 Å². The predicted octanol–water partition coefficient (Wildman–Crippen LogP) is 2.98. The molecule has 2 aromatic carbocycles. The van der Waals surface area contributed by atoms with Gasteiger partial charge >= 0.3 is 0 Å². The van der Waals surface area contributed by atoms with Crippen LogP contribution >= 0.6 is 11.8 Å². The molecule has 14 heteroatoms. The number of nitrogens with one attached hydrogen (secondary N) is 1. The van der Waals surface area contributed by atoms with Crippen LogP contribution in [0.25, 0.3) is 0 Å². The summed E-state index contributed by atoms with van der Waals surface area (Å²) in [5, 5.41) is 13.2. The Labute approximate surface area is 224 Å². The highest BCUT2D eigenvalue weighted by atomic mass is 32.2. The molecule has 0 saturated carbocycles. The number of nitro benzene ring substituents is 1. The van der Waals surface area contributed by atoms with Gasteiger partial charge in [0.15, 0.2) is 5.17 Å². The zero-order chi connectivity index (χ0) is 27.4. The molecule has 12 nitrogen and oxygen atoms in total. The molecule has 0 aromatic heterocycles. The maximum atomic E-state index is 13.3. The van der Waals surface area contributed by atoms with Crippen molar-refractivity contribution in [1.29, 1.82) is 0 Å². The third-order valence-electron chi connectivity index (χ3n) is 5.96. The van der Waals surface area contributed by atoms with E-state index in [1.54, 1.807) is 12.1 Å². The first-order chi connectivity index (χ1) is 18.0. The number of rotatable bonds is 9. The number of thioether (sulfide) groups is 1. The molecule has 202 valence electrons. The standard InChI is InChI=1S/C24H27N5O7S2/c1-27(2)38(34,35)20-10-4-7-17(13-20)26-24-28(15-19-9-5-11-36-19)23(31)21(37-24)14-22(30)25-16-6-3-8-18(12-16)29(32)33/h3-4,6-8,10,12-13,19,21H,5,9,11,14-15H2,1-2H3,(H,25,30). The minimum Gasteiger partial charge on any atom is -0.376 e. The maximum Gasteiger partial charge on any atom is 0.271 e. The van der Waals surface area contributed by atoms with Crippen LogP contribution in [0.5, 0.6) is 0 Å². The highest BCUT2D eigenvalue weighted by Gasteiger charge is 2.40. The Bertz CT molecular complexity index is 1370. The molecule has 2 aliphatic rings. The van der Waals surface area contributed by atoms with Gasteiger partial charge in [-0.25, -0.2) is 17.7 Å². The Morgan fingerprint density at radius 3 is 2.71 bits per heavy atom. The van der Waals surface area contributed by atoms with Crippen molar-refractivity contribution < 1.29 is 27.7 Å². The summed E-state index contributed by atoms with van der Waals surface area (Å²) in [7, 11) is -0.806. The number of anilines is 1. The summed E-state index contributed by atoms with van der Waals surface area (Å²) >= 11 is 1.11. The predicted molar refractivity (Wildman–Crippen MR) is 143 cm³/mol. The monoisotopic (exact) mass is 561 g/mol. The van der Waals surface area contributed by atoms with Crippen LogP contribution in [0.4, 0.5) is 17.1 Å². The van der Waals surface area contributed by atoms with Crippen molar-refractivity contribution in [2.75, 3.05) is 32.6 Å². The molecule has 1 N–H and O–H groups in total. The number of nitro groups is 1. The Morgan fingerprint density at radius 2 is 2.03 bits per heavy atom. The zero-order valence-corrected chi connectivity index (χ0v) is 22.4. The Balaban J connectivity index is 1.55. The summed E-state index contributed by atoms with van der Waals surface area (Å²) < 4.78 is 31.9. The van der Waals surface area contributed by atoms with Gasteiger partial charge in [0, 0.05) is 44.9 Å². The van der Waals surface area contributed by atoms with Crippen molar-refractivity contribution in [3.05, 3.63) is 58.6 Å². The number of amides is 2. The van der Waals surface area contributed by atoms with Crippen LogP contribution in [0.15, 0.2) is 58.4 Å². The van der Waals surface area contributed by atoms with E-state index in [9.17, 15) is 28.1 Å². The lowest BCUT2D eigenvalue weighted by atomic mass is 10.2. The number of amidine groups is 1. The van der Waals surface area contributed by atoms with Crippen molar-refractivity contribution in [1.82, 2.24) is 9.21 Å². The van der Waals surface area contributed by atoms with Crippen molar-refractivity contribution >= 4 is 55.8 Å². The average Bonchev–Trinajstić information content (AvgIpc) is 3.48. The molecule has 0 spiro atoms. The zero-order valence-electron chi connectivity index (χ0n) is 20.8. The lowest BCUT2D eigenvalue weighted by molar-refractivity contribution is -0.384. The number of carbonyl (C=O) groups excluding carboxylic acids is 2. The molecular weight excluding hydrogens is 534 g/mol. The van der Waals surface area contributed by atoms with Crippen molar-refractivity contribution in [2.45, 2.75) is 35.5 Å². The number of sulfonamides is 1. The van der Waals surface area contributed by atoms with Gasteiger partial charge in [0.1, 0.15) is 5.25 Å². The number of ether oxygens (including phenoxy) is 1.